The Kier molecular flexibility index (Phi) is 3.21. The van der Waals surface area contributed by atoms with Crippen LogP contribution >= 0.6 is 0 Å². The van der Waals surface area contributed by atoms with Crippen LogP contribution in [0.5, 0.6) is 5.75 Å². The molecule has 0 atom stereocenters. The third-order valence-electron chi connectivity index (χ3n) is 2.95. The molecule has 0 spiro atoms. The van der Waals surface area contributed by atoms with Crippen LogP contribution in [0.2, 0.25) is 0 Å². The molecule has 1 aromatic carbocycles. The van der Waals surface area contributed by atoms with E-state index in [0.717, 1.165) is 0 Å². The van der Waals surface area contributed by atoms with E-state index in [2.05, 4.69) is 5.32 Å². The smallest absolute Gasteiger partial charge is 0.169 e. The quantitative estimate of drug-likeness (QED) is 0.822. The maximum absolute atomic E-state index is 13.7. The van der Waals surface area contributed by atoms with E-state index in [1.165, 1.54) is 26.4 Å². The zero-order chi connectivity index (χ0) is 10.7. The van der Waals surface area contributed by atoms with E-state index >= 15 is 0 Å². The highest BCUT2D eigenvalue weighted by atomic mass is 19.1. The average molecular weight is 209 g/mol. The van der Waals surface area contributed by atoms with Gasteiger partial charge in [0.05, 0.1) is 7.11 Å². The van der Waals surface area contributed by atoms with E-state index < -0.39 is 0 Å². The molecule has 0 aliphatic heterocycles. The summed E-state index contributed by atoms with van der Waals surface area (Å²) in [6.45, 7) is 0.591. The third-order valence-corrected chi connectivity index (χ3v) is 2.95. The third kappa shape index (κ3) is 2.29. The standard InChI is InChI=1S/C12H16FNO/c1-15-11-7-2-4-9(12(11)13)8-14-10-5-3-6-10/h2,4,7,10,14H,3,5-6,8H2,1H3. The van der Waals surface area contributed by atoms with Gasteiger partial charge in [-0.3, -0.25) is 0 Å². The number of nitrogens with one attached hydrogen (secondary N) is 1. The summed E-state index contributed by atoms with van der Waals surface area (Å²) in [5.41, 5.74) is 0.682. The molecule has 3 heteroatoms. The molecule has 1 aliphatic carbocycles. The topological polar surface area (TPSA) is 21.3 Å². The summed E-state index contributed by atoms with van der Waals surface area (Å²) in [5.74, 6) is 0.0785. The van der Waals surface area contributed by atoms with Gasteiger partial charge in [0.1, 0.15) is 0 Å². The molecule has 0 amide bonds. The Morgan fingerprint density at radius 3 is 2.87 bits per heavy atom. The van der Waals surface area contributed by atoms with Crippen LogP contribution in [0, 0.1) is 5.82 Å². The number of halogens is 1. The number of rotatable bonds is 4. The van der Waals surface area contributed by atoms with E-state index in [1.54, 1.807) is 12.1 Å². The molecule has 0 saturated heterocycles. The minimum Gasteiger partial charge on any atom is -0.494 e. The lowest BCUT2D eigenvalue weighted by atomic mass is 9.93. The van der Waals surface area contributed by atoms with Gasteiger partial charge in [-0.2, -0.15) is 0 Å². The molecule has 82 valence electrons. The minimum absolute atomic E-state index is 0.244. The van der Waals surface area contributed by atoms with Crippen LogP contribution in [0.4, 0.5) is 4.39 Å². The van der Waals surface area contributed by atoms with Crippen LogP contribution in [0.15, 0.2) is 18.2 Å². The van der Waals surface area contributed by atoms with Gasteiger partial charge in [0, 0.05) is 18.2 Å². The van der Waals surface area contributed by atoms with Gasteiger partial charge in [-0.1, -0.05) is 18.6 Å². The lowest BCUT2D eigenvalue weighted by Gasteiger charge is -2.26. The van der Waals surface area contributed by atoms with Gasteiger partial charge in [0.25, 0.3) is 0 Å². The molecule has 0 unspecified atom stereocenters. The fourth-order valence-corrected chi connectivity index (χ4v) is 1.72. The molecule has 1 saturated carbocycles. The van der Waals surface area contributed by atoms with Crippen LogP contribution in [-0.4, -0.2) is 13.2 Å². The minimum atomic E-state index is -0.244. The molecule has 2 nitrogen and oxygen atoms in total. The first-order valence-corrected chi connectivity index (χ1v) is 5.36. The zero-order valence-corrected chi connectivity index (χ0v) is 8.92. The molecular formula is C12H16FNO. The molecule has 1 fully saturated rings. The molecular weight excluding hydrogens is 193 g/mol. The first kappa shape index (κ1) is 10.4. The second-order valence-corrected chi connectivity index (χ2v) is 3.94. The van der Waals surface area contributed by atoms with Gasteiger partial charge in [0.15, 0.2) is 11.6 Å². The van der Waals surface area contributed by atoms with Crippen molar-refractivity contribution in [3.8, 4) is 5.75 Å². The lowest BCUT2D eigenvalue weighted by molar-refractivity contribution is 0.334. The van der Waals surface area contributed by atoms with Crippen molar-refractivity contribution in [3.05, 3.63) is 29.6 Å². The highest BCUT2D eigenvalue weighted by Crippen LogP contribution is 2.22. The fourth-order valence-electron chi connectivity index (χ4n) is 1.72. The average Bonchev–Trinajstić information content (AvgIpc) is 2.18. The van der Waals surface area contributed by atoms with Gasteiger partial charge < -0.3 is 10.1 Å². The molecule has 1 aromatic rings. The Labute approximate surface area is 89.4 Å². The second-order valence-electron chi connectivity index (χ2n) is 3.94. The zero-order valence-electron chi connectivity index (χ0n) is 8.92. The van der Waals surface area contributed by atoms with Gasteiger partial charge in [-0.15, -0.1) is 0 Å². The number of hydrogen-bond donors (Lipinski definition) is 1. The maximum atomic E-state index is 13.7. The van der Waals surface area contributed by atoms with Crippen molar-refractivity contribution in [1.29, 1.82) is 0 Å². The van der Waals surface area contributed by atoms with Gasteiger partial charge in [0.2, 0.25) is 0 Å². The number of hydrogen-bond acceptors (Lipinski definition) is 2. The molecule has 0 aromatic heterocycles. The molecule has 0 bridgehead atoms. The molecule has 0 heterocycles. The highest BCUT2D eigenvalue weighted by molar-refractivity contribution is 5.30. The normalized spacial score (nSPS) is 16.1. The van der Waals surface area contributed by atoms with Crippen LogP contribution in [-0.2, 0) is 6.54 Å². The Morgan fingerprint density at radius 2 is 2.27 bits per heavy atom. The van der Waals surface area contributed by atoms with E-state index in [0.29, 0.717) is 23.9 Å². The first-order chi connectivity index (χ1) is 7.31. The van der Waals surface area contributed by atoms with Crippen molar-refractivity contribution >= 4 is 0 Å². The summed E-state index contributed by atoms with van der Waals surface area (Å²) in [6, 6.07) is 5.83. The van der Waals surface area contributed by atoms with Crippen LogP contribution in [0.3, 0.4) is 0 Å². The van der Waals surface area contributed by atoms with Crippen molar-refractivity contribution in [3.63, 3.8) is 0 Å². The fraction of sp³-hybridized carbons (Fsp3) is 0.500. The SMILES string of the molecule is COc1cccc(CNC2CCC2)c1F. The van der Waals surface area contributed by atoms with Gasteiger partial charge in [-0.05, 0) is 18.9 Å². The first-order valence-electron chi connectivity index (χ1n) is 5.36. The molecule has 15 heavy (non-hydrogen) atoms. The Morgan fingerprint density at radius 1 is 1.47 bits per heavy atom. The molecule has 1 N–H and O–H groups in total. The molecule has 2 rings (SSSR count). The second kappa shape index (κ2) is 4.62. The largest absolute Gasteiger partial charge is 0.494 e. The highest BCUT2D eigenvalue weighted by Gasteiger charge is 2.17. The summed E-state index contributed by atoms with van der Waals surface area (Å²) >= 11 is 0. The maximum Gasteiger partial charge on any atom is 0.169 e. The van der Waals surface area contributed by atoms with Crippen molar-refractivity contribution in [2.75, 3.05) is 7.11 Å². The van der Waals surface area contributed by atoms with E-state index in [4.69, 9.17) is 4.74 Å². The number of methoxy groups -OCH3 is 1. The summed E-state index contributed by atoms with van der Waals surface area (Å²) < 4.78 is 18.6. The Bertz CT molecular complexity index is 336. The van der Waals surface area contributed by atoms with Crippen LogP contribution in [0.1, 0.15) is 24.8 Å². The summed E-state index contributed by atoms with van der Waals surface area (Å²) in [7, 11) is 1.49. The van der Waals surface area contributed by atoms with Crippen molar-refractivity contribution in [2.24, 2.45) is 0 Å². The summed E-state index contributed by atoms with van der Waals surface area (Å²) in [6.07, 6.45) is 3.72. The Hall–Kier alpha value is -1.09. The predicted octanol–water partition coefficient (Wildman–Crippen LogP) is 2.48. The molecule has 1 aliphatic rings. The van der Waals surface area contributed by atoms with Crippen molar-refractivity contribution < 1.29 is 9.13 Å². The summed E-state index contributed by atoms with van der Waals surface area (Å²) in [4.78, 5) is 0. The summed E-state index contributed by atoms with van der Waals surface area (Å²) in [5, 5.41) is 3.33. The van der Waals surface area contributed by atoms with Crippen molar-refractivity contribution in [2.45, 2.75) is 31.8 Å². The predicted molar refractivity (Wildman–Crippen MR) is 57.4 cm³/mol. The van der Waals surface area contributed by atoms with E-state index in [9.17, 15) is 4.39 Å². The Balaban J connectivity index is 2.00. The lowest BCUT2D eigenvalue weighted by Crippen LogP contribution is -2.34. The van der Waals surface area contributed by atoms with Gasteiger partial charge in [-0.25, -0.2) is 4.39 Å². The van der Waals surface area contributed by atoms with Crippen molar-refractivity contribution in [1.82, 2.24) is 5.32 Å². The van der Waals surface area contributed by atoms with Crippen LogP contribution in [0.25, 0.3) is 0 Å². The molecule has 0 radical (unpaired) electrons. The van der Waals surface area contributed by atoms with Gasteiger partial charge >= 0.3 is 0 Å². The van der Waals surface area contributed by atoms with E-state index in [1.807, 2.05) is 6.07 Å². The number of benzene rings is 1. The number of ether oxygens (including phenoxy) is 1. The van der Waals surface area contributed by atoms with E-state index in [-0.39, 0.29) is 5.82 Å². The van der Waals surface area contributed by atoms with Crippen LogP contribution < -0.4 is 10.1 Å². The monoisotopic (exact) mass is 209 g/mol.